The lowest BCUT2D eigenvalue weighted by atomic mass is 10.00. The second-order valence-electron chi connectivity index (χ2n) is 4.76. The van der Waals surface area contributed by atoms with Crippen molar-refractivity contribution < 1.29 is 9.53 Å². The molecule has 1 heterocycles. The molecule has 0 fully saturated rings. The van der Waals surface area contributed by atoms with E-state index in [1.54, 1.807) is 0 Å². The molecule has 0 spiro atoms. The fourth-order valence-electron chi connectivity index (χ4n) is 2.41. The van der Waals surface area contributed by atoms with Crippen LogP contribution in [0.4, 0.5) is 0 Å². The third-order valence-electron chi connectivity index (χ3n) is 3.32. The molecule has 0 bridgehead atoms. The van der Waals surface area contributed by atoms with Gasteiger partial charge in [0, 0.05) is 32.9 Å². The van der Waals surface area contributed by atoms with Crippen LogP contribution in [0.25, 0.3) is 0 Å². The summed E-state index contributed by atoms with van der Waals surface area (Å²) in [5, 5.41) is 0. The van der Waals surface area contributed by atoms with Gasteiger partial charge in [-0.1, -0.05) is 44.0 Å². The van der Waals surface area contributed by atoms with Gasteiger partial charge in [0.2, 0.25) is 0 Å². The van der Waals surface area contributed by atoms with E-state index in [1.807, 2.05) is 30.3 Å². The minimum Gasteiger partial charge on any atom is -0.493 e. The van der Waals surface area contributed by atoms with E-state index in [2.05, 4.69) is 37.9 Å². The highest BCUT2D eigenvalue weighted by atomic mass is 79.9. The first-order chi connectivity index (χ1) is 9.63. The number of carbonyl (C=O) groups excluding carboxylic acids is 1. The summed E-state index contributed by atoms with van der Waals surface area (Å²) in [5.74, 6) is 0.985. The molecule has 0 aromatic heterocycles. The van der Waals surface area contributed by atoms with Gasteiger partial charge in [-0.15, -0.1) is 0 Å². The minimum absolute atomic E-state index is 0.0992. The van der Waals surface area contributed by atoms with Gasteiger partial charge in [0.1, 0.15) is 5.75 Å². The van der Waals surface area contributed by atoms with Gasteiger partial charge in [-0.3, -0.25) is 4.79 Å². The lowest BCUT2D eigenvalue weighted by Gasteiger charge is -2.09. The Morgan fingerprint density at radius 2 is 2.00 bits per heavy atom. The van der Waals surface area contributed by atoms with E-state index < -0.39 is 0 Å². The van der Waals surface area contributed by atoms with Gasteiger partial charge in [0.05, 0.1) is 6.61 Å². The summed E-state index contributed by atoms with van der Waals surface area (Å²) < 4.78 is 7.58. The maximum Gasteiger partial charge on any atom is 0.167 e. The highest BCUT2D eigenvalue weighted by molar-refractivity contribution is 9.10. The van der Waals surface area contributed by atoms with Crippen molar-refractivity contribution in [3.8, 4) is 5.75 Å². The average molecular weight is 396 g/mol. The van der Waals surface area contributed by atoms with E-state index in [4.69, 9.17) is 4.74 Å². The summed E-state index contributed by atoms with van der Waals surface area (Å²) in [5.41, 5.74) is 2.85. The van der Waals surface area contributed by atoms with Gasteiger partial charge in [-0.05, 0) is 29.8 Å². The van der Waals surface area contributed by atoms with Gasteiger partial charge in [-0.25, -0.2) is 0 Å². The molecule has 4 heteroatoms. The number of fused-ring (bicyclic) bond motifs is 1. The quantitative estimate of drug-likeness (QED) is 0.711. The molecule has 2 aromatic carbocycles. The topological polar surface area (TPSA) is 26.3 Å². The van der Waals surface area contributed by atoms with Crippen LogP contribution in [0.1, 0.15) is 21.5 Å². The van der Waals surface area contributed by atoms with Crippen LogP contribution >= 0.6 is 31.9 Å². The van der Waals surface area contributed by atoms with Crippen molar-refractivity contribution in [1.29, 1.82) is 0 Å². The number of hydrogen-bond acceptors (Lipinski definition) is 2. The average Bonchev–Trinajstić information content (AvgIpc) is 2.86. The molecule has 0 N–H and O–H groups in total. The fraction of sp³-hybridized carbons (Fsp3) is 0.188. The molecule has 0 radical (unpaired) electrons. The Morgan fingerprint density at radius 1 is 1.15 bits per heavy atom. The minimum atomic E-state index is 0.0992. The van der Waals surface area contributed by atoms with Crippen LogP contribution in [-0.4, -0.2) is 12.4 Å². The molecule has 0 saturated heterocycles. The Kier molecular flexibility index (Phi) is 3.94. The Hall–Kier alpha value is -1.13. The number of hydrogen-bond donors (Lipinski definition) is 0. The molecule has 0 saturated carbocycles. The maximum absolute atomic E-state index is 12.4. The van der Waals surface area contributed by atoms with Crippen LogP contribution in [0.3, 0.4) is 0 Å². The molecule has 2 aromatic rings. The molecule has 3 rings (SSSR count). The summed E-state index contributed by atoms with van der Waals surface area (Å²) in [6.45, 7) is 0.698. The fourth-order valence-corrected chi connectivity index (χ4v) is 3.37. The predicted octanol–water partition coefficient (Wildman–Crippen LogP) is 4.57. The predicted molar refractivity (Wildman–Crippen MR) is 85.5 cm³/mol. The van der Waals surface area contributed by atoms with Gasteiger partial charge in [0.15, 0.2) is 5.78 Å². The van der Waals surface area contributed by atoms with Gasteiger partial charge >= 0.3 is 0 Å². The number of ketones is 1. The van der Waals surface area contributed by atoms with Crippen LogP contribution in [0.5, 0.6) is 5.75 Å². The van der Waals surface area contributed by atoms with Crippen molar-refractivity contribution in [2.24, 2.45) is 0 Å². The second-order valence-corrected chi connectivity index (χ2v) is 6.59. The molecule has 102 valence electrons. The number of benzene rings is 2. The number of halogens is 2. The van der Waals surface area contributed by atoms with Crippen LogP contribution in [-0.2, 0) is 12.8 Å². The largest absolute Gasteiger partial charge is 0.493 e. The van der Waals surface area contributed by atoms with Gasteiger partial charge < -0.3 is 4.74 Å². The van der Waals surface area contributed by atoms with Crippen molar-refractivity contribution in [3.05, 3.63) is 62.0 Å². The number of Topliss-reactive ketones (excluding diaryl/α,β-unsaturated/α-hetero) is 1. The zero-order valence-electron chi connectivity index (χ0n) is 10.7. The van der Waals surface area contributed by atoms with Gasteiger partial charge in [0.25, 0.3) is 0 Å². The second kappa shape index (κ2) is 5.70. The molecule has 1 aliphatic heterocycles. The van der Waals surface area contributed by atoms with Crippen LogP contribution in [0, 0.1) is 0 Å². The smallest absolute Gasteiger partial charge is 0.167 e. The van der Waals surface area contributed by atoms with Crippen molar-refractivity contribution in [2.75, 3.05) is 6.61 Å². The van der Waals surface area contributed by atoms with Crippen LogP contribution in [0.15, 0.2) is 45.3 Å². The van der Waals surface area contributed by atoms with E-state index in [-0.39, 0.29) is 5.78 Å². The van der Waals surface area contributed by atoms with Crippen molar-refractivity contribution in [3.63, 3.8) is 0 Å². The Balaban J connectivity index is 1.90. The number of carbonyl (C=O) groups is 1. The maximum atomic E-state index is 12.4. The third-order valence-corrected chi connectivity index (χ3v) is 4.27. The molecular weight excluding hydrogens is 384 g/mol. The van der Waals surface area contributed by atoms with Crippen molar-refractivity contribution >= 4 is 37.6 Å². The summed E-state index contributed by atoms with van der Waals surface area (Å²) in [7, 11) is 0. The molecular formula is C16H12Br2O2. The third kappa shape index (κ3) is 2.81. The molecule has 2 nitrogen and oxygen atoms in total. The van der Waals surface area contributed by atoms with Crippen LogP contribution in [0.2, 0.25) is 0 Å². The first-order valence-corrected chi connectivity index (χ1v) is 7.95. The molecule has 1 aliphatic rings. The van der Waals surface area contributed by atoms with E-state index in [0.717, 1.165) is 26.7 Å². The Morgan fingerprint density at radius 3 is 2.80 bits per heavy atom. The highest BCUT2D eigenvalue weighted by Crippen LogP contribution is 2.33. The summed E-state index contributed by atoms with van der Waals surface area (Å²) in [4.78, 5) is 12.4. The SMILES string of the molecule is O=C(Cc1cc(Br)cc2c1OCC2)c1cccc(Br)c1. The number of ether oxygens (including phenoxy) is 1. The zero-order chi connectivity index (χ0) is 14.1. The van der Waals surface area contributed by atoms with E-state index in [0.29, 0.717) is 18.6 Å². The summed E-state index contributed by atoms with van der Waals surface area (Å²) in [6.07, 6.45) is 1.27. The lowest BCUT2D eigenvalue weighted by molar-refractivity contribution is 0.0992. The number of rotatable bonds is 3. The normalized spacial score (nSPS) is 12.9. The molecule has 0 aliphatic carbocycles. The monoisotopic (exact) mass is 394 g/mol. The van der Waals surface area contributed by atoms with Gasteiger partial charge in [-0.2, -0.15) is 0 Å². The standard InChI is InChI=1S/C16H12Br2O2/c17-13-3-1-2-10(6-13)15(19)9-12-8-14(18)7-11-4-5-20-16(11)12/h1-3,6-8H,4-5,9H2. The molecule has 0 unspecified atom stereocenters. The molecule has 0 atom stereocenters. The Bertz CT molecular complexity index is 680. The van der Waals surface area contributed by atoms with Crippen molar-refractivity contribution in [1.82, 2.24) is 0 Å². The highest BCUT2D eigenvalue weighted by Gasteiger charge is 2.19. The first-order valence-electron chi connectivity index (χ1n) is 6.36. The van der Waals surface area contributed by atoms with E-state index in [9.17, 15) is 4.79 Å². The Labute approximate surface area is 134 Å². The van der Waals surface area contributed by atoms with Crippen LogP contribution < -0.4 is 4.74 Å². The van der Waals surface area contributed by atoms with Crippen molar-refractivity contribution in [2.45, 2.75) is 12.8 Å². The first kappa shape index (κ1) is 13.8. The van der Waals surface area contributed by atoms with E-state index >= 15 is 0 Å². The summed E-state index contributed by atoms with van der Waals surface area (Å²) in [6, 6.07) is 11.5. The van der Waals surface area contributed by atoms with E-state index in [1.165, 1.54) is 5.56 Å². The molecule has 0 amide bonds. The lowest BCUT2D eigenvalue weighted by Crippen LogP contribution is -2.05. The summed E-state index contributed by atoms with van der Waals surface area (Å²) >= 11 is 6.89. The zero-order valence-corrected chi connectivity index (χ0v) is 13.8. The molecule has 20 heavy (non-hydrogen) atoms.